The molecule has 1 unspecified atom stereocenters. The molecule has 0 bridgehead atoms. The Bertz CT molecular complexity index is 374. The molecular formula is C11H15N3O. The Kier molecular flexibility index (Phi) is 1.94. The van der Waals surface area contributed by atoms with Crippen LogP contribution >= 0.6 is 0 Å². The number of ether oxygens (including phenoxy) is 1. The average Bonchev–Trinajstić information content (AvgIpc) is 2.54. The van der Waals surface area contributed by atoms with Crippen molar-refractivity contribution < 1.29 is 4.74 Å². The van der Waals surface area contributed by atoms with E-state index in [-0.39, 0.29) is 11.6 Å². The molecule has 80 valence electrons. The van der Waals surface area contributed by atoms with E-state index in [9.17, 15) is 0 Å². The molecule has 0 saturated carbocycles. The molecule has 3 heterocycles. The van der Waals surface area contributed by atoms with Crippen molar-refractivity contribution >= 4 is 0 Å². The minimum absolute atomic E-state index is 0.0247. The Morgan fingerprint density at radius 1 is 1.47 bits per heavy atom. The second-order valence-corrected chi connectivity index (χ2v) is 4.29. The number of hydrogen-bond donors (Lipinski definition) is 2. The van der Waals surface area contributed by atoms with E-state index < -0.39 is 0 Å². The van der Waals surface area contributed by atoms with Gasteiger partial charge in [-0.15, -0.1) is 0 Å². The Morgan fingerprint density at radius 3 is 3.00 bits per heavy atom. The monoisotopic (exact) mass is 205 g/mol. The lowest BCUT2D eigenvalue weighted by molar-refractivity contribution is 0.0337. The molecule has 1 aromatic heterocycles. The maximum Gasteiger partial charge on any atom is 0.218 e. The minimum atomic E-state index is -0.206. The average molecular weight is 205 g/mol. The Hall–Kier alpha value is -1.13. The summed E-state index contributed by atoms with van der Waals surface area (Å²) in [5.74, 6) is 0.729. The smallest absolute Gasteiger partial charge is 0.218 e. The van der Waals surface area contributed by atoms with Crippen molar-refractivity contribution in [2.75, 3.05) is 13.1 Å². The highest BCUT2D eigenvalue weighted by molar-refractivity contribution is 5.37. The predicted molar refractivity (Wildman–Crippen MR) is 56.6 cm³/mol. The highest BCUT2D eigenvalue weighted by Crippen LogP contribution is 2.44. The molecule has 3 N–H and O–H groups in total. The molecule has 1 saturated heterocycles. The number of aromatic nitrogens is 1. The Balaban J connectivity index is 1.98. The van der Waals surface area contributed by atoms with Crippen LogP contribution in [0.25, 0.3) is 0 Å². The van der Waals surface area contributed by atoms with Crippen LogP contribution in [0, 0.1) is 0 Å². The molecule has 1 aromatic rings. The van der Waals surface area contributed by atoms with Gasteiger partial charge < -0.3 is 15.8 Å². The van der Waals surface area contributed by atoms with Gasteiger partial charge in [0.15, 0.2) is 0 Å². The van der Waals surface area contributed by atoms with Gasteiger partial charge in [0.05, 0.1) is 6.04 Å². The van der Waals surface area contributed by atoms with Crippen LogP contribution in [0.15, 0.2) is 18.3 Å². The summed E-state index contributed by atoms with van der Waals surface area (Å²) in [7, 11) is 0. The van der Waals surface area contributed by atoms with Crippen LogP contribution in [0.1, 0.15) is 24.4 Å². The van der Waals surface area contributed by atoms with Gasteiger partial charge >= 0.3 is 0 Å². The number of pyridine rings is 1. The van der Waals surface area contributed by atoms with Crippen LogP contribution < -0.4 is 15.8 Å². The van der Waals surface area contributed by atoms with Gasteiger partial charge in [-0.3, -0.25) is 0 Å². The quantitative estimate of drug-likeness (QED) is 0.651. The molecule has 0 aliphatic carbocycles. The molecule has 1 spiro atoms. The highest BCUT2D eigenvalue weighted by Gasteiger charge is 2.47. The normalized spacial score (nSPS) is 27.4. The molecule has 4 nitrogen and oxygen atoms in total. The van der Waals surface area contributed by atoms with Gasteiger partial charge in [-0.2, -0.15) is 0 Å². The summed E-state index contributed by atoms with van der Waals surface area (Å²) in [6.45, 7) is 1.95. The Morgan fingerprint density at radius 2 is 2.27 bits per heavy atom. The second-order valence-electron chi connectivity index (χ2n) is 4.29. The van der Waals surface area contributed by atoms with E-state index in [0.29, 0.717) is 0 Å². The number of nitrogens with one attached hydrogen (secondary N) is 1. The summed E-state index contributed by atoms with van der Waals surface area (Å²) in [5, 5.41) is 3.33. The molecule has 0 radical (unpaired) electrons. The van der Waals surface area contributed by atoms with Crippen molar-refractivity contribution in [3.05, 3.63) is 23.9 Å². The third kappa shape index (κ3) is 1.25. The SMILES string of the molecule is NC1c2cccnc2OC12CCNCC2. The van der Waals surface area contributed by atoms with E-state index in [1.165, 1.54) is 0 Å². The predicted octanol–water partition coefficient (Wildman–Crippen LogP) is 0.596. The van der Waals surface area contributed by atoms with Crippen molar-refractivity contribution in [2.45, 2.75) is 24.5 Å². The number of piperidine rings is 1. The van der Waals surface area contributed by atoms with Crippen LogP contribution in [-0.4, -0.2) is 23.7 Å². The molecule has 2 aliphatic rings. The molecule has 1 atom stereocenters. The maximum absolute atomic E-state index is 6.26. The van der Waals surface area contributed by atoms with Gasteiger partial charge in [0.25, 0.3) is 0 Å². The molecule has 0 aromatic carbocycles. The van der Waals surface area contributed by atoms with E-state index in [2.05, 4.69) is 10.3 Å². The number of nitrogens with two attached hydrogens (primary N) is 1. The van der Waals surface area contributed by atoms with E-state index in [1.54, 1.807) is 6.20 Å². The van der Waals surface area contributed by atoms with Crippen molar-refractivity contribution in [1.29, 1.82) is 0 Å². The molecule has 3 rings (SSSR count). The molecule has 1 fully saturated rings. The summed E-state index contributed by atoms with van der Waals surface area (Å²) >= 11 is 0. The highest BCUT2D eigenvalue weighted by atomic mass is 16.5. The molecule has 2 aliphatic heterocycles. The van der Waals surface area contributed by atoms with E-state index in [1.807, 2.05) is 12.1 Å². The largest absolute Gasteiger partial charge is 0.469 e. The van der Waals surface area contributed by atoms with Gasteiger partial charge in [0, 0.05) is 24.6 Å². The van der Waals surface area contributed by atoms with Crippen LogP contribution in [0.4, 0.5) is 0 Å². The first-order valence-electron chi connectivity index (χ1n) is 5.42. The topological polar surface area (TPSA) is 60.2 Å². The lowest BCUT2D eigenvalue weighted by Gasteiger charge is -2.36. The summed E-state index contributed by atoms with van der Waals surface area (Å²) in [4.78, 5) is 4.24. The van der Waals surface area contributed by atoms with E-state index >= 15 is 0 Å². The number of nitrogens with zero attached hydrogens (tertiary/aromatic N) is 1. The first-order valence-corrected chi connectivity index (χ1v) is 5.42. The summed E-state index contributed by atoms with van der Waals surface area (Å²) in [6, 6.07) is 3.91. The van der Waals surface area contributed by atoms with Gasteiger partial charge in [-0.05, 0) is 19.2 Å². The third-order valence-corrected chi connectivity index (χ3v) is 3.45. The fraction of sp³-hybridized carbons (Fsp3) is 0.545. The lowest BCUT2D eigenvalue weighted by atomic mass is 9.84. The lowest BCUT2D eigenvalue weighted by Crippen LogP contribution is -2.50. The summed E-state index contributed by atoms with van der Waals surface area (Å²) in [5.41, 5.74) is 7.11. The zero-order valence-corrected chi connectivity index (χ0v) is 8.57. The van der Waals surface area contributed by atoms with Crippen LogP contribution in [0.3, 0.4) is 0 Å². The zero-order chi connectivity index (χ0) is 10.3. The molecular weight excluding hydrogens is 190 g/mol. The molecule has 0 amide bonds. The number of fused-ring (bicyclic) bond motifs is 1. The van der Waals surface area contributed by atoms with Gasteiger partial charge in [-0.1, -0.05) is 6.07 Å². The van der Waals surface area contributed by atoms with Gasteiger partial charge in [0.1, 0.15) is 5.60 Å². The van der Waals surface area contributed by atoms with Gasteiger partial charge in [-0.25, -0.2) is 4.98 Å². The standard InChI is InChI=1S/C11H15N3O/c12-9-8-2-1-5-14-10(8)15-11(9)3-6-13-7-4-11/h1-2,5,9,13H,3-4,6-7,12H2. The number of hydrogen-bond acceptors (Lipinski definition) is 4. The van der Waals surface area contributed by atoms with Crippen LogP contribution in [0.5, 0.6) is 5.88 Å². The number of rotatable bonds is 0. The minimum Gasteiger partial charge on any atom is -0.469 e. The first kappa shape index (κ1) is 9.12. The Labute approximate surface area is 88.8 Å². The van der Waals surface area contributed by atoms with Crippen molar-refractivity contribution in [2.24, 2.45) is 5.73 Å². The fourth-order valence-corrected chi connectivity index (χ4v) is 2.53. The van der Waals surface area contributed by atoms with Crippen LogP contribution in [0.2, 0.25) is 0 Å². The maximum atomic E-state index is 6.26. The zero-order valence-electron chi connectivity index (χ0n) is 8.57. The van der Waals surface area contributed by atoms with Gasteiger partial charge in [0.2, 0.25) is 5.88 Å². The molecule has 15 heavy (non-hydrogen) atoms. The molecule has 4 heteroatoms. The third-order valence-electron chi connectivity index (χ3n) is 3.45. The summed E-state index contributed by atoms with van der Waals surface area (Å²) in [6.07, 6.45) is 3.68. The fourth-order valence-electron chi connectivity index (χ4n) is 2.53. The summed E-state index contributed by atoms with van der Waals surface area (Å²) < 4.78 is 5.97. The first-order chi connectivity index (χ1) is 7.32. The van der Waals surface area contributed by atoms with E-state index in [0.717, 1.165) is 37.4 Å². The van der Waals surface area contributed by atoms with Crippen molar-refractivity contribution in [3.8, 4) is 5.88 Å². The van der Waals surface area contributed by atoms with Crippen molar-refractivity contribution in [3.63, 3.8) is 0 Å². The van der Waals surface area contributed by atoms with Crippen molar-refractivity contribution in [1.82, 2.24) is 10.3 Å². The van der Waals surface area contributed by atoms with Crippen LogP contribution in [-0.2, 0) is 0 Å². The van der Waals surface area contributed by atoms with E-state index in [4.69, 9.17) is 10.5 Å². The second kappa shape index (κ2) is 3.18.